The Labute approximate surface area is 139 Å². The van der Waals surface area contributed by atoms with Crippen LogP contribution in [0.3, 0.4) is 0 Å². The molecule has 0 saturated heterocycles. The molecule has 1 aromatic heterocycles. The highest BCUT2D eigenvalue weighted by molar-refractivity contribution is 7.79. The van der Waals surface area contributed by atoms with E-state index in [1.165, 1.54) is 12.1 Å². The third-order valence-corrected chi connectivity index (χ3v) is 3.43. The van der Waals surface area contributed by atoms with Crippen LogP contribution in [0.5, 0.6) is 0 Å². The molecule has 0 aliphatic rings. The summed E-state index contributed by atoms with van der Waals surface area (Å²) in [7, 11) is 0. The zero-order chi connectivity index (χ0) is 16.8. The summed E-state index contributed by atoms with van der Waals surface area (Å²) in [5, 5.41) is 0.640. The normalized spacial score (nSPS) is 11.8. The van der Waals surface area contributed by atoms with Crippen LogP contribution in [-0.2, 0) is 10.5 Å². The van der Waals surface area contributed by atoms with Crippen LogP contribution >= 0.6 is 12.6 Å². The highest BCUT2D eigenvalue weighted by Crippen LogP contribution is 2.18. The highest BCUT2D eigenvalue weighted by atomic mass is 32.1. The first kappa shape index (κ1) is 16.8. The van der Waals surface area contributed by atoms with E-state index in [4.69, 9.17) is 9.15 Å². The first-order valence-corrected chi connectivity index (χ1v) is 7.57. The number of hydrogen-bond acceptors (Lipinski definition) is 5. The molecule has 0 amide bonds. The van der Waals surface area contributed by atoms with Gasteiger partial charge < -0.3 is 9.15 Å². The van der Waals surface area contributed by atoms with Gasteiger partial charge in [0.05, 0.1) is 0 Å². The number of allylic oxidation sites excluding steroid dienone is 4. The van der Waals surface area contributed by atoms with E-state index in [-0.39, 0.29) is 11.3 Å². The molecule has 0 saturated carbocycles. The van der Waals surface area contributed by atoms with E-state index in [2.05, 4.69) is 19.2 Å². The van der Waals surface area contributed by atoms with Crippen LogP contribution in [0.15, 0.2) is 70.1 Å². The maximum Gasteiger partial charge on any atom is 0.351 e. The molecule has 0 unspecified atom stereocenters. The van der Waals surface area contributed by atoms with Crippen LogP contribution < -0.4 is 5.63 Å². The summed E-state index contributed by atoms with van der Waals surface area (Å²) in [6.07, 6.45) is 6.44. The molecule has 1 aromatic carbocycles. The van der Waals surface area contributed by atoms with Gasteiger partial charge in [0.25, 0.3) is 0 Å². The number of rotatable bonds is 5. The van der Waals surface area contributed by atoms with Gasteiger partial charge in [0.15, 0.2) is 0 Å². The summed E-state index contributed by atoms with van der Waals surface area (Å²) < 4.78 is 10.3. The monoisotopic (exact) mass is 328 g/mol. The van der Waals surface area contributed by atoms with Crippen molar-refractivity contribution >= 4 is 29.6 Å². The van der Waals surface area contributed by atoms with E-state index in [0.29, 0.717) is 16.7 Å². The van der Waals surface area contributed by atoms with Gasteiger partial charge in [0, 0.05) is 11.1 Å². The smallest absolute Gasteiger partial charge is 0.351 e. The largest absolute Gasteiger partial charge is 0.423 e. The topological polar surface area (TPSA) is 56.5 Å². The lowest BCUT2D eigenvalue weighted by Gasteiger charge is -2.05. The molecule has 2 rings (SSSR count). The zero-order valence-corrected chi connectivity index (χ0v) is 13.5. The Hall–Kier alpha value is -2.53. The minimum Gasteiger partial charge on any atom is -0.423 e. The molecule has 1 heterocycles. The first-order valence-electron chi connectivity index (χ1n) is 6.94. The molecule has 2 aromatic rings. The summed E-state index contributed by atoms with van der Waals surface area (Å²) in [5.41, 5.74) is 0.455. The van der Waals surface area contributed by atoms with E-state index in [1.807, 2.05) is 19.1 Å². The lowest BCUT2D eigenvalue weighted by molar-refractivity contribution is 0.0633. The van der Waals surface area contributed by atoms with Gasteiger partial charge in [-0.25, -0.2) is 9.59 Å². The van der Waals surface area contributed by atoms with Crippen molar-refractivity contribution in [2.24, 2.45) is 0 Å². The minimum atomic E-state index is -0.785. The number of ether oxygens (including phenoxy) is 1. The van der Waals surface area contributed by atoms with Crippen LogP contribution in [0, 0.1) is 0 Å². The van der Waals surface area contributed by atoms with Crippen molar-refractivity contribution in [3.8, 4) is 0 Å². The van der Waals surface area contributed by atoms with Gasteiger partial charge in [-0.1, -0.05) is 24.8 Å². The average Bonchev–Trinajstić information content (AvgIpc) is 2.57. The third-order valence-electron chi connectivity index (χ3n) is 3.06. The number of benzene rings is 1. The van der Waals surface area contributed by atoms with E-state index in [1.54, 1.807) is 24.3 Å². The van der Waals surface area contributed by atoms with Gasteiger partial charge in [-0.15, -0.1) is 0 Å². The summed E-state index contributed by atoms with van der Waals surface area (Å²) in [6, 6.07) is 6.77. The van der Waals surface area contributed by atoms with Crippen molar-refractivity contribution in [1.29, 1.82) is 0 Å². The lowest BCUT2D eigenvalue weighted by atomic mass is 10.1. The van der Waals surface area contributed by atoms with Crippen LogP contribution in [0.4, 0.5) is 0 Å². The second-order valence-corrected chi connectivity index (χ2v) is 4.98. The summed E-state index contributed by atoms with van der Waals surface area (Å²) in [6.45, 7) is 5.40. The molecule has 4 nitrogen and oxygen atoms in total. The van der Waals surface area contributed by atoms with Gasteiger partial charge in [-0.3, -0.25) is 0 Å². The van der Waals surface area contributed by atoms with E-state index < -0.39 is 11.6 Å². The van der Waals surface area contributed by atoms with Crippen molar-refractivity contribution in [2.75, 3.05) is 0 Å². The lowest BCUT2D eigenvalue weighted by Crippen LogP contribution is -2.16. The Bertz CT molecular complexity index is 859. The molecular weight excluding hydrogens is 312 g/mol. The zero-order valence-electron chi connectivity index (χ0n) is 12.6. The fourth-order valence-corrected chi connectivity index (χ4v) is 2.11. The summed E-state index contributed by atoms with van der Waals surface area (Å²) in [5.74, 6) is 0.00550. The molecule has 0 aliphatic carbocycles. The molecule has 5 heteroatoms. The molecule has 0 fully saturated rings. The van der Waals surface area contributed by atoms with Crippen molar-refractivity contribution in [2.45, 2.75) is 12.7 Å². The molecule has 0 bridgehead atoms. The standard InChI is InChI=1S/C18H16O4S/c1-3-5-6-14(4-2)21-17(19)15-10-13-9-12(11-23)7-8-16(13)22-18(15)20/h3-10,23H,2,11H2,1H3/b5-3-,14-6+. The fraction of sp³-hybridized carbons (Fsp3) is 0.111. The number of hydrogen-bond donors (Lipinski definition) is 1. The summed E-state index contributed by atoms with van der Waals surface area (Å²) >= 11 is 4.20. The van der Waals surface area contributed by atoms with E-state index >= 15 is 0 Å². The van der Waals surface area contributed by atoms with Gasteiger partial charge in [0.2, 0.25) is 0 Å². The van der Waals surface area contributed by atoms with E-state index in [9.17, 15) is 9.59 Å². The molecule has 23 heavy (non-hydrogen) atoms. The molecule has 0 radical (unpaired) electrons. The van der Waals surface area contributed by atoms with Crippen molar-refractivity contribution < 1.29 is 13.9 Å². The number of carbonyl (C=O) groups excluding carboxylic acids is 1. The Morgan fingerprint density at radius 2 is 2.17 bits per heavy atom. The van der Waals surface area contributed by atoms with Crippen LogP contribution in [-0.4, -0.2) is 5.97 Å². The van der Waals surface area contributed by atoms with E-state index in [0.717, 1.165) is 5.56 Å². The molecular formula is C18H16O4S. The number of carbonyl (C=O) groups is 1. The number of fused-ring (bicyclic) bond motifs is 1. The Morgan fingerprint density at radius 3 is 2.83 bits per heavy atom. The minimum absolute atomic E-state index is 0.165. The van der Waals surface area contributed by atoms with Crippen molar-refractivity contribution in [3.63, 3.8) is 0 Å². The van der Waals surface area contributed by atoms with Crippen LogP contribution in [0.1, 0.15) is 22.8 Å². The Morgan fingerprint density at radius 1 is 1.39 bits per heavy atom. The molecule has 118 valence electrons. The predicted molar refractivity (Wildman–Crippen MR) is 93.7 cm³/mol. The quantitative estimate of drug-likeness (QED) is 0.296. The first-order chi connectivity index (χ1) is 11.1. The Balaban J connectivity index is 2.41. The number of esters is 1. The highest BCUT2D eigenvalue weighted by Gasteiger charge is 2.16. The maximum atomic E-state index is 12.2. The molecule has 0 spiro atoms. The van der Waals surface area contributed by atoms with Gasteiger partial charge in [-0.05, 0) is 42.8 Å². The van der Waals surface area contributed by atoms with Crippen LogP contribution in [0.2, 0.25) is 0 Å². The van der Waals surface area contributed by atoms with Crippen molar-refractivity contribution in [3.05, 3.63) is 82.5 Å². The second kappa shape index (κ2) is 7.65. The predicted octanol–water partition coefficient (Wildman–Crippen LogP) is 4.03. The molecule has 0 N–H and O–H groups in total. The third kappa shape index (κ3) is 4.02. The molecule has 0 aliphatic heterocycles. The van der Waals surface area contributed by atoms with Gasteiger partial charge >= 0.3 is 11.6 Å². The van der Waals surface area contributed by atoms with Crippen molar-refractivity contribution in [1.82, 2.24) is 0 Å². The fourth-order valence-electron chi connectivity index (χ4n) is 1.91. The average molecular weight is 328 g/mol. The van der Waals surface area contributed by atoms with Gasteiger partial charge in [-0.2, -0.15) is 12.6 Å². The van der Waals surface area contributed by atoms with Gasteiger partial charge in [0.1, 0.15) is 16.9 Å². The maximum absolute atomic E-state index is 12.2. The van der Waals surface area contributed by atoms with Crippen LogP contribution in [0.25, 0.3) is 11.0 Å². The summed E-state index contributed by atoms with van der Waals surface area (Å²) in [4.78, 5) is 24.2. The second-order valence-electron chi connectivity index (χ2n) is 4.67. The Kier molecular flexibility index (Phi) is 5.60. The number of thiol groups is 1. The molecule has 0 atom stereocenters. The SMILES string of the molecule is C=C/C(=C\C=C/C)OC(=O)c1cc2cc(CS)ccc2oc1=O.